The van der Waals surface area contributed by atoms with Crippen molar-refractivity contribution >= 4 is 29.3 Å². The molecule has 2 atom stereocenters. The van der Waals surface area contributed by atoms with E-state index in [0.717, 1.165) is 0 Å². The molecule has 3 aromatic carbocycles. The Balaban J connectivity index is 1.86. The molecule has 1 saturated heterocycles. The van der Waals surface area contributed by atoms with E-state index in [2.05, 4.69) is 11.8 Å². The Hall–Kier alpha value is -2.91. The molecule has 0 saturated carbocycles. The third-order valence-corrected chi connectivity index (χ3v) is 5.56. The normalized spacial score (nSPS) is 23.6. The van der Waals surface area contributed by atoms with Crippen molar-refractivity contribution in [3.8, 4) is 11.8 Å². The summed E-state index contributed by atoms with van der Waals surface area (Å²) in [6.45, 7) is 1.45. The minimum absolute atomic E-state index is 0.0764. The summed E-state index contributed by atoms with van der Waals surface area (Å²) in [7, 11) is 0. The van der Waals surface area contributed by atoms with Crippen molar-refractivity contribution in [3.05, 3.63) is 111 Å². The quantitative estimate of drug-likeness (QED) is 0.345. The molecule has 4 rings (SSSR count). The average molecular weight is 489 g/mol. The molecule has 1 aliphatic heterocycles. The first-order valence-electron chi connectivity index (χ1n) is 9.89. The van der Waals surface area contributed by atoms with Gasteiger partial charge in [-0.05, 0) is 55.0 Å². The van der Waals surface area contributed by atoms with Crippen LogP contribution in [0.15, 0.2) is 84.6 Å². The SMILES string of the molecule is CC1(C#Cc2ccc(Cl)cc2)OC(c2ccccc2)(C(F)(F)F)O/C1=C\c1ccc(Cl)cc1. The van der Waals surface area contributed by atoms with Crippen LogP contribution in [0.1, 0.15) is 23.6 Å². The summed E-state index contributed by atoms with van der Waals surface area (Å²) < 4.78 is 54.7. The highest BCUT2D eigenvalue weighted by molar-refractivity contribution is 6.30. The molecule has 0 amide bonds. The van der Waals surface area contributed by atoms with Crippen molar-refractivity contribution < 1.29 is 22.6 Å². The second kappa shape index (κ2) is 8.79. The van der Waals surface area contributed by atoms with Crippen molar-refractivity contribution in [1.82, 2.24) is 0 Å². The molecule has 0 aromatic heterocycles. The van der Waals surface area contributed by atoms with E-state index in [1.54, 1.807) is 54.6 Å². The fraction of sp³-hybridized carbons (Fsp3) is 0.154. The van der Waals surface area contributed by atoms with Gasteiger partial charge in [0.15, 0.2) is 5.60 Å². The number of hydrogen-bond acceptors (Lipinski definition) is 2. The predicted molar refractivity (Wildman–Crippen MR) is 123 cm³/mol. The van der Waals surface area contributed by atoms with Gasteiger partial charge in [-0.2, -0.15) is 13.2 Å². The summed E-state index contributed by atoms with van der Waals surface area (Å²) >= 11 is 11.9. The van der Waals surface area contributed by atoms with Gasteiger partial charge >= 0.3 is 12.0 Å². The average Bonchev–Trinajstić information content (AvgIpc) is 3.09. The van der Waals surface area contributed by atoms with E-state index in [1.165, 1.54) is 37.3 Å². The lowest BCUT2D eigenvalue weighted by atomic mass is 10.0. The van der Waals surface area contributed by atoms with Crippen LogP contribution in [0.3, 0.4) is 0 Å². The van der Waals surface area contributed by atoms with Crippen LogP contribution in [0.4, 0.5) is 13.2 Å². The second-order valence-electron chi connectivity index (χ2n) is 7.53. The highest BCUT2D eigenvalue weighted by atomic mass is 35.5. The Kier molecular flexibility index (Phi) is 6.20. The molecule has 168 valence electrons. The summed E-state index contributed by atoms with van der Waals surface area (Å²) in [5, 5.41) is 1.02. The van der Waals surface area contributed by atoms with Crippen LogP contribution in [-0.4, -0.2) is 11.8 Å². The molecule has 2 nitrogen and oxygen atoms in total. The maximum absolute atomic E-state index is 14.5. The Bertz CT molecular complexity index is 1230. The molecule has 1 aliphatic rings. The second-order valence-corrected chi connectivity index (χ2v) is 8.41. The van der Waals surface area contributed by atoms with Crippen LogP contribution in [0.2, 0.25) is 10.0 Å². The Morgan fingerprint density at radius 1 is 0.848 bits per heavy atom. The van der Waals surface area contributed by atoms with E-state index in [-0.39, 0.29) is 11.3 Å². The first-order chi connectivity index (χ1) is 15.6. The monoisotopic (exact) mass is 488 g/mol. The molecular formula is C26H17Cl2F3O2. The Morgan fingerprint density at radius 3 is 2.00 bits per heavy atom. The van der Waals surface area contributed by atoms with Gasteiger partial charge in [0.2, 0.25) is 0 Å². The van der Waals surface area contributed by atoms with Gasteiger partial charge in [0.05, 0.1) is 0 Å². The molecule has 0 aliphatic carbocycles. The van der Waals surface area contributed by atoms with Crippen molar-refractivity contribution in [2.45, 2.75) is 24.5 Å². The van der Waals surface area contributed by atoms with Crippen LogP contribution in [0, 0.1) is 11.8 Å². The maximum Gasteiger partial charge on any atom is 0.460 e. The zero-order valence-electron chi connectivity index (χ0n) is 17.3. The van der Waals surface area contributed by atoms with E-state index < -0.39 is 17.6 Å². The van der Waals surface area contributed by atoms with Gasteiger partial charge in [-0.1, -0.05) is 77.5 Å². The summed E-state index contributed by atoms with van der Waals surface area (Å²) in [5.74, 6) is 2.62. The maximum atomic E-state index is 14.5. The van der Waals surface area contributed by atoms with Crippen molar-refractivity contribution in [2.24, 2.45) is 0 Å². The minimum Gasteiger partial charge on any atom is -0.450 e. The largest absolute Gasteiger partial charge is 0.460 e. The number of alkyl halides is 3. The fourth-order valence-corrected chi connectivity index (χ4v) is 3.61. The molecule has 0 bridgehead atoms. The van der Waals surface area contributed by atoms with E-state index in [1.807, 2.05) is 0 Å². The molecule has 1 fully saturated rings. The highest BCUT2D eigenvalue weighted by Gasteiger charge is 2.68. The fourth-order valence-electron chi connectivity index (χ4n) is 3.35. The zero-order chi connectivity index (χ0) is 23.7. The number of halogens is 5. The summed E-state index contributed by atoms with van der Waals surface area (Å²) in [6, 6.07) is 20.5. The van der Waals surface area contributed by atoms with Gasteiger partial charge in [0.25, 0.3) is 0 Å². The highest BCUT2D eigenvalue weighted by Crippen LogP contribution is 2.54. The molecule has 0 spiro atoms. The van der Waals surface area contributed by atoms with Crippen LogP contribution >= 0.6 is 23.2 Å². The third kappa shape index (κ3) is 4.74. The van der Waals surface area contributed by atoms with Gasteiger partial charge in [0, 0.05) is 21.2 Å². The van der Waals surface area contributed by atoms with Crippen LogP contribution in [0.25, 0.3) is 6.08 Å². The Morgan fingerprint density at radius 2 is 1.42 bits per heavy atom. The lowest BCUT2D eigenvalue weighted by Gasteiger charge is -2.30. The van der Waals surface area contributed by atoms with Gasteiger partial charge in [-0.3, -0.25) is 0 Å². The molecular weight excluding hydrogens is 472 g/mol. The minimum atomic E-state index is -4.88. The van der Waals surface area contributed by atoms with E-state index in [0.29, 0.717) is 21.2 Å². The van der Waals surface area contributed by atoms with E-state index in [9.17, 15) is 13.2 Å². The number of ether oxygens (including phenoxy) is 2. The number of rotatable bonds is 2. The van der Waals surface area contributed by atoms with Gasteiger partial charge in [-0.25, -0.2) is 0 Å². The molecule has 33 heavy (non-hydrogen) atoms. The molecule has 3 aromatic rings. The smallest absolute Gasteiger partial charge is 0.450 e. The summed E-state index contributed by atoms with van der Waals surface area (Å²) in [6.07, 6.45) is -3.41. The van der Waals surface area contributed by atoms with Gasteiger partial charge < -0.3 is 9.47 Å². The molecule has 2 unspecified atom stereocenters. The number of hydrogen-bond donors (Lipinski definition) is 0. The summed E-state index contributed by atoms with van der Waals surface area (Å²) in [5.41, 5.74) is -0.732. The predicted octanol–water partition coefficient (Wildman–Crippen LogP) is 7.61. The first-order valence-corrected chi connectivity index (χ1v) is 10.6. The molecule has 7 heteroatoms. The molecule has 0 N–H and O–H groups in total. The lowest BCUT2D eigenvalue weighted by molar-refractivity contribution is -0.357. The van der Waals surface area contributed by atoms with Crippen molar-refractivity contribution in [3.63, 3.8) is 0 Å². The van der Waals surface area contributed by atoms with Gasteiger partial charge in [0.1, 0.15) is 5.76 Å². The standard InChI is InChI=1S/C26H17Cl2F3O2/c1-24(16-15-18-7-11-21(27)12-8-18)23(17-19-9-13-22(28)14-10-19)32-25(33-24,26(29,30)31)20-5-3-2-4-6-20/h2-14,17H,1H3/b23-17-. The Labute approximate surface area is 199 Å². The van der Waals surface area contributed by atoms with Crippen LogP contribution < -0.4 is 0 Å². The molecule has 1 heterocycles. The lowest BCUT2D eigenvalue weighted by Crippen LogP contribution is -2.45. The van der Waals surface area contributed by atoms with Crippen molar-refractivity contribution in [1.29, 1.82) is 0 Å². The zero-order valence-corrected chi connectivity index (χ0v) is 18.8. The third-order valence-electron chi connectivity index (χ3n) is 5.06. The van der Waals surface area contributed by atoms with E-state index >= 15 is 0 Å². The first kappa shape index (κ1) is 23.3. The van der Waals surface area contributed by atoms with E-state index in [4.69, 9.17) is 32.7 Å². The van der Waals surface area contributed by atoms with Crippen LogP contribution in [-0.2, 0) is 15.3 Å². The van der Waals surface area contributed by atoms with Crippen molar-refractivity contribution in [2.75, 3.05) is 0 Å². The molecule has 0 radical (unpaired) electrons. The van der Waals surface area contributed by atoms with Gasteiger partial charge in [-0.15, -0.1) is 0 Å². The topological polar surface area (TPSA) is 18.5 Å². The summed E-state index contributed by atoms with van der Waals surface area (Å²) in [4.78, 5) is 0. The number of benzene rings is 3. The van der Waals surface area contributed by atoms with Crippen LogP contribution in [0.5, 0.6) is 0 Å².